The van der Waals surface area contributed by atoms with Crippen molar-refractivity contribution >= 4 is 17.9 Å². The van der Waals surface area contributed by atoms with E-state index >= 15 is 0 Å². The van der Waals surface area contributed by atoms with Gasteiger partial charge in [-0.1, -0.05) is 12.1 Å². The third kappa shape index (κ3) is 5.31. The zero-order valence-corrected chi connectivity index (χ0v) is 15.6. The van der Waals surface area contributed by atoms with Crippen LogP contribution in [0.3, 0.4) is 0 Å². The van der Waals surface area contributed by atoms with Crippen molar-refractivity contribution in [2.45, 2.75) is 49.8 Å². The lowest BCUT2D eigenvalue weighted by Gasteiger charge is -2.27. The van der Waals surface area contributed by atoms with E-state index in [0.717, 1.165) is 17.9 Å². The van der Waals surface area contributed by atoms with Gasteiger partial charge >= 0.3 is 6.09 Å². The maximum Gasteiger partial charge on any atom is 0.410 e. The van der Waals surface area contributed by atoms with Crippen molar-refractivity contribution in [1.29, 1.82) is 0 Å². The molecule has 1 aromatic rings. The number of likely N-dealkylation sites (tertiary alicyclic amines) is 1. The maximum atomic E-state index is 12.3. The Labute approximate surface area is 148 Å². The minimum absolute atomic E-state index is 0.0289. The first kappa shape index (κ1) is 18.9. The molecule has 6 heteroatoms. The Bertz CT molecular complexity index is 541. The van der Waals surface area contributed by atoms with Gasteiger partial charge in [0.05, 0.1) is 19.8 Å². The zero-order chi connectivity index (χ0) is 17.7. The van der Waals surface area contributed by atoms with Crippen LogP contribution in [0.2, 0.25) is 0 Å². The molecule has 1 amide bonds. The van der Waals surface area contributed by atoms with Crippen LogP contribution in [0.5, 0.6) is 5.75 Å². The number of carbonyl (C=O) groups excluding carboxylic acids is 1. The Morgan fingerprint density at radius 1 is 1.33 bits per heavy atom. The van der Waals surface area contributed by atoms with Crippen LogP contribution in [0.1, 0.15) is 32.8 Å². The van der Waals surface area contributed by atoms with E-state index in [0.29, 0.717) is 11.8 Å². The Morgan fingerprint density at radius 2 is 2.00 bits per heavy atom. The number of ether oxygens (including phenoxy) is 2. The number of hydrogen-bond donors (Lipinski definition) is 1. The molecule has 2 rings (SSSR count). The average molecular weight is 353 g/mol. The normalized spacial score (nSPS) is 21.0. The number of aliphatic hydroxyl groups excluding tert-OH is 1. The molecule has 1 N–H and O–H groups in total. The van der Waals surface area contributed by atoms with E-state index in [4.69, 9.17) is 9.47 Å². The lowest BCUT2D eigenvalue weighted by atomic mass is 10.2. The van der Waals surface area contributed by atoms with E-state index in [1.54, 1.807) is 12.0 Å². The molecule has 5 nitrogen and oxygen atoms in total. The van der Waals surface area contributed by atoms with Crippen LogP contribution in [-0.4, -0.2) is 53.3 Å². The molecule has 0 bridgehead atoms. The lowest BCUT2D eigenvalue weighted by molar-refractivity contribution is 0.0176. The summed E-state index contributed by atoms with van der Waals surface area (Å²) >= 11 is 1.81. The number of nitrogens with zero attached hydrogens (tertiary/aromatic N) is 1. The third-order valence-electron chi connectivity index (χ3n) is 3.86. The highest BCUT2D eigenvalue weighted by atomic mass is 32.2. The predicted molar refractivity (Wildman–Crippen MR) is 96.5 cm³/mol. The van der Waals surface area contributed by atoms with Gasteiger partial charge in [-0.2, -0.15) is 11.8 Å². The van der Waals surface area contributed by atoms with Gasteiger partial charge < -0.3 is 19.5 Å². The van der Waals surface area contributed by atoms with Crippen molar-refractivity contribution in [3.05, 3.63) is 29.8 Å². The number of methoxy groups -OCH3 is 1. The summed E-state index contributed by atoms with van der Waals surface area (Å²) in [6.45, 7) is 6.14. The van der Waals surface area contributed by atoms with E-state index in [9.17, 15) is 9.90 Å². The molecule has 1 aromatic carbocycles. The molecule has 0 aliphatic carbocycles. The number of aliphatic hydroxyl groups is 1. The number of thioether (sulfide) groups is 1. The van der Waals surface area contributed by atoms with Crippen molar-refractivity contribution in [2.24, 2.45) is 0 Å². The Hall–Kier alpha value is -1.40. The summed E-state index contributed by atoms with van der Waals surface area (Å²) in [7, 11) is 1.66. The van der Waals surface area contributed by atoms with Gasteiger partial charge in [0.2, 0.25) is 0 Å². The Morgan fingerprint density at radius 3 is 2.54 bits per heavy atom. The highest BCUT2D eigenvalue weighted by Gasteiger charge is 2.37. The van der Waals surface area contributed by atoms with Crippen molar-refractivity contribution in [2.75, 3.05) is 20.3 Å². The minimum atomic E-state index is -0.522. The van der Waals surface area contributed by atoms with Crippen molar-refractivity contribution in [3.63, 3.8) is 0 Å². The fourth-order valence-corrected chi connectivity index (χ4v) is 3.89. The maximum absolute atomic E-state index is 12.3. The van der Waals surface area contributed by atoms with Crippen molar-refractivity contribution in [3.8, 4) is 5.75 Å². The molecule has 0 unspecified atom stereocenters. The molecule has 1 aliphatic heterocycles. The average Bonchev–Trinajstić information content (AvgIpc) is 2.95. The second-order valence-corrected chi connectivity index (χ2v) is 8.27. The molecule has 1 saturated heterocycles. The van der Waals surface area contributed by atoms with Gasteiger partial charge in [-0.05, 0) is 44.9 Å². The topological polar surface area (TPSA) is 59.0 Å². The van der Waals surface area contributed by atoms with Gasteiger partial charge in [0.15, 0.2) is 0 Å². The standard InChI is InChI=1S/C18H27NO4S/c1-18(2,3)23-17(21)19-10-16(9-14(19)11-20)24-12-13-5-7-15(22-4)8-6-13/h5-8,14,16,20H,9-12H2,1-4H3/t14-,16+/m0/s1. The van der Waals surface area contributed by atoms with Crippen molar-refractivity contribution in [1.82, 2.24) is 4.90 Å². The molecule has 1 fully saturated rings. The van der Waals surface area contributed by atoms with E-state index in [1.165, 1.54) is 5.56 Å². The Balaban J connectivity index is 1.89. The van der Waals surface area contributed by atoms with Gasteiger partial charge in [0.1, 0.15) is 11.4 Å². The number of rotatable bonds is 5. The molecule has 0 saturated carbocycles. The van der Waals surface area contributed by atoms with E-state index < -0.39 is 5.60 Å². The van der Waals surface area contributed by atoms with Crippen LogP contribution < -0.4 is 4.74 Å². The third-order valence-corrected chi connectivity index (χ3v) is 5.17. The largest absolute Gasteiger partial charge is 0.497 e. The van der Waals surface area contributed by atoms with Crippen LogP contribution in [0.15, 0.2) is 24.3 Å². The van der Waals surface area contributed by atoms with Crippen LogP contribution >= 0.6 is 11.8 Å². The molecule has 1 heterocycles. The van der Waals surface area contributed by atoms with E-state index in [-0.39, 0.29) is 18.7 Å². The molecule has 134 valence electrons. The van der Waals surface area contributed by atoms with Crippen LogP contribution in [-0.2, 0) is 10.5 Å². The van der Waals surface area contributed by atoms with Gasteiger partial charge in [-0.3, -0.25) is 0 Å². The number of carbonyl (C=O) groups is 1. The summed E-state index contributed by atoms with van der Waals surface area (Å²) in [6, 6.07) is 7.85. The highest BCUT2D eigenvalue weighted by molar-refractivity contribution is 7.99. The second-order valence-electron chi connectivity index (χ2n) is 6.99. The second kappa shape index (κ2) is 8.12. The summed E-state index contributed by atoms with van der Waals surface area (Å²) in [4.78, 5) is 14.0. The first-order valence-electron chi connectivity index (χ1n) is 8.17. The molecule has 0 spiro atoms. The molecule has 1 aliphatic rings. The van der Waals surface area contributed by atoms with Gasteiger partial charge in [0.25, 0.3) is 0 Å². The van der Waals surface area contributed by atoms with Gasteiger partial charge in [-0.25, -0.2) is 4.79 Å². The van der Waals surface area contributed by atoms with Crippen LogP contribution in [0.4, 0.5) is 4.79 Å². The smallest absolute Gasteiger partial charge is 0.410 e. The molecule has 2 atom stereocenters. The summed E-state index contributed by atoms with van der Waals surface area (Å²) in [5, 5.41) is 9.87. The van der Waals surface area contributed by atoms with Gasteiger partial charge in [0, 0.05) is 17.5 Å². The molecular weight excluding hydrogens is 326 g/mol. The predicted octanol–water partition coefficient (Wildman–Crippen LogP) is 3.30. The SMILES string of the molecule is COc1ccc(CS[C@@H]2C[C@@H](CO)N(C(=O)OC(C)(C)C)C2)cc1. The van der Waals surface area contributed by atoms with Gasteiger partial charge in [-0.15, -0.1) is 0 Å². The molecule has 0 aromatic heterocycles. The summed E-state index contributed by atoms with van der Waals surface area (Å²) in [5.74, 6) is 1.72. The highest BCUT2D eigenvalue weighted by Crippen LogP contribution is 2.31. The quantitative estimate of drug-likeness (QED) is 0.880. The molecular formula is C18H27NO4S. The van der Waals surface area contributed by atoms with Crippen molar-refractivity contribution < 1.29 is 19.4 Å². The number of benzene rings is 1. The molecule has 0 radical (unpaired) electrons. The van der Waals surface area contributed by atoms with E-state index in [2.05, 4.69) is 12.1 Å². The summed E-state index contributed by atoms with van der Waals surface area (Å²) in [5.41, 5.74) is 0.697. The summed E-state index contributed by atoms with van der Waals surface area (Å²) < 4.78 is 10.6. The van der Waals surface area contributed by atoms with Crippen LogP contribution in [0.25, 0.3) is 0 Å². The van der Waals surface area contributed by atoms with Crippen LogP contribution in [0, 0.1) is 0 Å². The van der Waals surface area contributed by atoms with E-state index in [1.807, 2.05) is 44.7 Å². The fourth-order valence-electron chi connectivity index (χ4n) is 2.65. The number of amides is 1. The first-order valence-corrected chi connectivity index (χ1v) is 9.22. The number of hydrogen-bond acceptors (Lipinski definition) is 5. The minimum Gasteiger partial charge on any atom is -0.497 e. The first-order chi connectivity index (χ1) is 11.3. The fraction of sp³-hybridized carbons (Fsp3) is 0.611. The zero-order valence-electron chi connectivity index (χ0n) is 14.8. The Kier molecular flexibility index (Phi) is 6.40. The molecule has 24 heavy (non-hydrogen) atoms. The summed E-state index contributed by atoms with van der Waals surface area (Å²) in [6.07, 6.45) is 0.449. The lowest BCUT2D eigenvalue weighted by Crippen LogP contribution is -2.41. The monoisotopic (exact) mass is 353 g/mol.